The normalized spacial score (nSPS) is 11.0. The summed E-state index contributed by atoms with van der Waals surface area (Å²) in [4.78, 5) is 25.7. The lowest BCUT2D eigenvalue weighted by Gasteiger charge is -2.00. The van der Waals surface area contributed by atoms with E-state index in [0.29, 0.717) is 16.8 Å². The van der Waals surface area contributed by atoms with Crippen molar-refractivity contribution in [1.29, 1.82) is 0 Å². The van der Waals surface area contributed by atoms with E-state index in [0.717, 1.165) is 0 Å². The van der Waals surface area contributed by atoms with Crippen LogP contribution in [0, 0.1) is 0 Å². The van der Waals surface area contributed by atoms with Gasteiger partial charge in [-0.3, -0.25) is 4.98 Å². The molecule has 0 aliphatic rings. The fourth-order valence-electron chi connectivity index (χ4n) is 2.06. The Balaban J connectivity index is 1.64. The number of nitrogen functional groups attached to an aromatic ring is 1. The number of oxazole rings is 1. The summed E-state index contributed by atoms with van der Waals surface area (Å²) >= 11 is 5.79. The highest BCUT2D eigenvalue weighted by molar-refractivity contribution is 6.29. The molecule has 0 saturated carbocycles. The first-order valence-corrected chi connectivity index (χ1v) is 6.98. The third kappa shape index (κ3) is 2.54. The molecule has 0 amide bonds. The number of nitrogens with one attached hydrogen (secondary N) is 2. The van der Waals surface area contributed by atoms with Crippen molar-refractivity contribution in [2.24, 2.45) is 0 Å². The molecule has 4 N–H and O–H groups in total. The maximum atomic E-state index is 11.2. The van der Waals surface area contributed by atoms with E-state index in [1.165, 1.54) is 6.20 Å². The van der Waals surface area contributed by atoms with Crippen LogP contribution in [0.4, 0.5) is 17.5 Å². The minimum Gasteiger partial charge on any atom is -0.408 e. The molecule has 0 unspecified atom stereocenters. The number of nitrogens with zero attached hydrogens (tertiary/aromatic N) is 4. The van der Waals surface area contributed by atoms with E-state index in [-0.39, 0.29) is 28.5 Å². The molecule has 3 aromatic heterocycles. The summed E-state index contributed by atoms with van der Waals surface area (Å²) in [5.41, 5.74) is 7.50. The number of hydrogen-bond acceptors (Lipinski definition) is 9. The number of hydrogen-bond donors (Lipinski definition) is 3. The Bertz CT molecular complexity index is 1100. The fraction of sp³-hybridized carbons (Fsp3) is 0. The zero-order chi connectivity index (χ0) is 16.7. The molecule has 0 saturated heterocycles. The lowest BCUT2D eigenvalue weighted by atomic mass is 10.3. The molecular formula is C13H8ClN7O3. The Morgan fingerprint density at radius 3 is 3.04 bits per heavy atom. The van der Waals surface area contributed by atoms with E-state index in [9.17, 15) is 4.79 Å². The van der Waals surface area contributed by atoms with Crippen molar-refractivity contribution < 1.29 is 8.94 Å². The minimum atomic E-state index is -0.529. The average molecular weight is 346 g/mol. The van der Waals surface area contributed by atoms with Crippen molar-refractivity contribution in [3.63, 3.8) is 0 Å². The maximum absolute atomic E-state index is 11.2. The Hall–Kier alpha value is -3.40. The van der Waals surface area contributed by atoms with Gasteiger partial charge in [-0.15, -0.1) is 0 Å². The highest BCUT2D eigenvalue weighted by Crippen LogP contribution is 2.24. The molecule has 0 fully saturated rings. The summed E-state index contributed by atoms with van der Waals surface area (Å²) in [6, 6.07) is 5.03. The SMILES string of the molecule is Nc1ncc(Cl)nc1-c1nc(Nc2ccc3[nH]c(=O)oc3c2)no1. The van der Waals surface area contributed by atoms with Gasteiger partial charge in [0.25, 0.3) is 11.8 Å². The van der Waals surface area contributed by atoms with Crippen molar-refractivity contribution in [1.82, 2.24) is 25.1 Å². The van der Waals surface area contributed by atoms with Gasteiger partial charge in [-0.05, 0) is 17.3 Å². The van der Waals surface area contributed by atoms with Crippen LogP contribution in [0.1, 0.15) is 0 Å². The lowest BCUT2D eigenvalue weighted by molar-refractivity contribution is 0.431. The molecule has 24 heavy (non-hydrogen) atoms. The number of anilines is 3. The van der Waals surface area contributed by atoms with Crippen molar-refractivity contribution in [2.75, 3.05) is 11.1 Å². The lowest BCUT2D eigenvalue weighted by Crippen LogP contribution is -1.97. The number of benzene rings is 1. The Kier molecular flexibility index (Phi) is 3.17. The number of nitrogens with two attached hydrogens (primary N) is 1. The number of H-pyrrole nitrogens is 1. The summed E-state index contributed by atoms with van der Waals surface area (Å²) in [6.07, 6.45) is 1.32. The van der Waals surface area contributed by atoms with Crippen LogP contribution >= 0.6 is 11.6 Å². The summed E-state index contributed by atoms with van der Waals surface area (Å²) in [5.74, 6) is -0.174. The van der Waals surface area contributed by atoms with Crippen LogP contribution in [0.2, 0.25) is 5.15 Å². The number of fused-ring (bicyclic) bond motifs is 1. The second-order valence-electron chi connectivity index (χ2n) is 4.70. The molecule has 4 aromatic rings. The van der Waals surface area contributed by atoms with Crippen LogP contribution in [0.15, 0.2) is 38.1 Å². The molecule has 1 aromatic carbocycles. The molecule has 10 nitrogen and oxygen atoms in total. The van der Waals surface area contributed by atoms with E-state index >= 15 is 0 Å². The highest BCUT2D eigenvalue weighted by Gasteiger charge is 2.15. The van der Waals surface area contributed by atoms with Crippen LogP contribution in [-0.2, 0) is 0 Å². The van der Waals surface area contributed by atoms with Gasteiger partial charge in [0.15, 0.2) is 17.1 Å². The molecular weight excluding hydrogens is 338 g/mol. The molecule has 3 heterocycles. The molecule has 0 aliphatic carbocycles. The first-order chi connectivity index (χ1) is 11.6. The predicted octanol–water partition coefficient (Wildman–Crippen LogP) is 1.94. The Morgan fingerprint density at radius 2 is 2.17 bits per heavy atom. The smallest absolute Gasteiger partial charge is 0.408 e. The fourth-order valence-corrected chi connectivity index (χ4v) is 2.19. The minimum absolute atomic E-state index is 0.0688. The van der Waals surface area contributed by atoms with Crippen molar-refractivity contribution >= 4 is 40.2 Å². The second-order valence-corrected chi connectivity index (χ2v) is 5.09. The van der Waals surface area contributed by atoms with E-state index in [4.69, 9.17) is 26.3 Å². The topological polar surface area (TPSA) is 149 Å². The van der Waals surface area contributed by atoms with Crippen LogP contribution in [0.3, 0.4) is 0 Å². The number of aromatic amines is 1. The van der Waals surface area contributed by atoms with Crippen LogP contribution in [0.5, 0.6) is 0 Å². The predicted molar refractivity (Wildman–Crippen MR) is 84.9 cm³/mol. The van der Waals surface area contributed by atoms with E-state index in [1.807, 2.05) is 0 Å². The maximum Gasteiger partial charge on any atom is 0.417 e. The first kappa shape index (κ1) is 14.2. The monoisotopic (exact) mass is 345 g/mol. The van der Waals surface area contributed by atoms with E-state index in [2.05, 4.69) is 30.4 Å². The quantitative estimate of drug-likeness (QED) is 0.506. The number of rotatable bonds is 3. The van der Waals surface area contributed by atoms with Gasteiger partial charge in [0, 0.05) is 11.8 Å². The summed E-state index contributed by atoms with van der Waals surface area (Å²) < 4.78 is 10.1. The molecule has 0 spiro atoms. The van der Waals surface area contributed by atoms with Crippen molar-refractivity contribution in [3.8, 4) is 11.6 Å². The van der Waals surface area contributed by atoms with Gasteiger partial charge >= 0.3 is 5.76 Å². The Morgan fingerprint density at radius 1 is 1.29 bits per heavy atom. The van der Waals surface area contributed by atoms with E-state index in [1.54, 1.807) is 18.2 Å². The summed E-state index contributed by atoms with van der Waals surface area (Å²) in [7, 11) is 0. The average Bonchev–Trinajstić information content (AvgIpc) is 3.15. The molecule has 0 bridgehead atoms. The largest absolute Gasteiger partial charge is 0.417 e. The van der Waals surface area contributed by atoms with E-state index < -0.39 is 5.76 Å². The Labute approximate surface area is 137 Å². The highest BCUT2D eigenvalue weighted by atomic mass is 35.5. The van der Waals surface area contributed by atoms with Crippen LogP contribution in [-0.4, -0.2) is 25.1 Å². The van der Waals surface area contributed by atoms with Crippen LogP contribution in [0.25, 0.3) is 22.7 Å². The van der Waals surface area contributed by atoms with Crippen molar-refractivity contribution in [2.45, 2.75) is 0 Å². The standard InChI is InChI=1S/C13H8ClN7O3/c14-8-4-16-10(15)9(19-8)11-20-12(21-24-11)17-5-1-2-6-7(3-5)23-13(22)18-6/h1-4H,(H2,15,16)(H,17,21)(H,18,22). The van der Waals surface area contributed by atoms with Crippen LogP contribution < -0.4 is 16.8 Å². The molecule has 11 heteroatoms. The molecule has 4 rings (SSSR count). The first-order valence-electron chi connectivity index (χ1n) is 6.60. The van der Waals surface area contributed by atoms with Gasteiger partial charge < -0.3 is 20.0 Å². The number of halogens is 1. The summed E-state index contributed by atoms with van der Waals surface area (Å²) in [6.45, 7) is 0. The van der Waals surface area contributed by atoms with Gasteiger partial charge in [0.2, 0.25) is 0 Å². The number of aromatic nitrogens is 5. The van der Waals surface area contributed by atoms with Gasteiger partial charge in [-0.25, -0.2) is 14.8 Å². The van der Waals surface area contributed by atoms with Gasteiger partial charge in [0.1, 0.15) is 5.15 Å². The van der Waals surface area contributed by atoms with Crippen molar-refractivity contribution in [3.05, 3.63) is 40.1 Å². The summed E-state index contributed by atoms with van der Waals surface area (Å²) in [5, 5.41) is 6.85. The zero-order valence-electron chi connectivity index (χ0n) is 11.8. The zero-order valence-corrected chi connectivity index (χ0v) is 12.5. The molecule has 120 valence electrons. The van der Waals surface area contributed by atoms with Gasteiger partial charge in [-0.2, -0.15) is 4.98 Å². The molecule has 0 aliphatic heterocycles. The molecule has 0 atom stereocenters. The van der Waals surface area contributed by atoms with Gasteiger partial charge in [0.05, 0.1) is 11.7 Å². The third-order valence-corrected chi connectivity index (χ3v) is 3.26. The van der Waals surface area contributed by atoms with Gasteiger partial charge in [-0.1, -0.05) is 11.6 Å². The molecule has 0 radical (unpaired) electrons. The second kappa shape index (κ2) is 5.35. The third-order valence-electron chi connectivity index (χ3n) is 3.08.